The van der Waals surface area contributed by atoms with Crippen molar-refractivity contribution in [3.63, 3.8) is 0 Å². The van der Waals surface area contributed by atoms with E-state index < -0.39 is 144 Å². The zero-order valence-corrected chi connectivity index (χ0v) is 58.4. The fourth-order valence-electron chi connectivity index (χ4n) is 12.1. The molecule has 10 amide bonds. The van der Waals surface area contributed by atoms with E-state index in [1.807, 2.05) is 25.1 Å². The SMILES string of the molecule is CCCCNC(=O)N[C@H]1CSCc2cc(CSCCNC(=O)CCC(C(=O)O)N3CCN(CC(=O)O)CCN(CC(=O)O)CC3)cc(c2)CSCC(C(=O)O)NC(=O)[C@H](Cc2ccccc2)NC(=O)[C@H](CCC(N)=O)NC(=O)[C@H]([C@@H](C)O)NC(=O)[C@@H]2CCCN2C(=O)[C@@H]2CCCN2C1=O. The lowest BCUT2D eigenvalue weighted by atomic mass is 10.0. The summed E-state index contributed by atoms with van der Waals surface area (Å²) in [5.41, 5.74) is 8.43. The molecule has 546 valence electrons. The van der Waals surface area contributed by atoms with Gasteiger partial charge in [-0.15, -0.1) is 0 Å². The van der Waals surface area contributed by atoms with Gasteiger partial charge in [-0.05, 0) is 74.1 Å². The number of carboxylic acid groups (broad SMARTS) is 4. The molecule has 0 aromatic heterocycles. The summed E-state index contributed by atoms with van der Waals surface area (Å²) in [6.45, 7) is 4.66. The number of nitrogens with zero attached hydrogens (tertiary/aromatic N) is 5. The zero-order valence-electron chi connectivity index (χ0n) is 55.9. The Balaban J connectivity index is 1.25. The van der Waals surface area contributed by atoms with Crippen molar-refractivity contribution >= 4 is 112 Å². The minimum atomic E-state index is -1.72. The number of amides is 10. The lowest BCUT2D eigenvalue weighted by Gasteiger charge is -2.33. The predicted octanol–water partition coefficient (Wildman–Crippen LogP) is -0.799. The number of nitrogens with one attached hydrogen (secondary N) is 7. The van der Waals surface area contributed by atoms with Crippen molar-refractivity contribution in [3.8, 4) is 0 Å². The quantitative estimate of drug-likeness (QED) is 0.0541. The number of aliphatic hydroxyl groups excluding tert-OH is 1. The Kier molecular flexibility index (Phi) is 33.3. The highest BCUT2D eigenvalue weighted by Gasteiger charge is 2.45. The molecule has 2 unspecified atom stereocenters. The molecule has 4 heterocycles. The number of primary amides is 1. The molecule has 4 aliphatic rings. The summed E-state index contributed by atoms with van der Waals surface area (Å²) in [5, 5.41) is 69.5. The van der Waals surface area contributed by atoms with Gasteiger partial charge in [0.25, 0.3) is 0 Å². The third-order valence-corrected chi connectivity index (χ3v) is 20.5. The Morgan fingerprint density at radius 3 is 1.86 bits per heavy atom. The number of unbranched alkanes of at least 4 members (excludes halogenated alkanes) is 1. The highest BCUT2D eigenvalue weighted by atomic mass is 32.2. The van der Waals surface area contributed by atoms with Gasteiger partial charge in [0.1, 0.15) is 48.3 Å². The average molecular weight is 1440 g/mol. The van der Waals surface area contributed by atoms with Crippen LogP contribution in [0.5, 0.6) is 0 Å². The Hall–Kier alpha value is -7.76. The molecule has 99 heavy (non-hydrogen) atoms. The molecule has 3 saturated heterocycles. The van der Waals surface area contributed by atoms with Crippen molar-refractivity contribution in [1.82, 2.24) is 61.7 Å². The maximum absolute atomic E-state index is 14.8. The van der Waals surface area contributed by atoms with Crippen LogP contribution in [0.3, 0.4) is 0 Å². The van der Waals surface area contributed by atoms with Crippen molar-refractivity contribution in [2.45, 2.75) is 156 Å². The van der Waals surface area contributed by atoms with Gasteiger partial charge in [-0.3, -0.25) is 67.4 Å². The molecule has 2 aromatic carbocycles. The number of aliphatic hydroxyl groups is 1. The summed E-state index contributed by atoms with van der Waals surface area (Å²) in [4.78, 5) is 182. The Morgan fingerprint density at radius 1 is 0.667 bits per heavy atom. The summed E-state index contributed by atoms with van der Waals surface area (Å²) in [6, 6.07) is 2.96. The highest BCUT2D eigenvalue weighted by molar-refractivity contribution is 7.99. The first-order chi connectivity index (χ1) is 47.3. The summed E-state index contributed by atoms with van der Waals surface area (Å²) < 4.78 is 0. The van der Waals surface area contributed by atoms with Gasteiger partial charge in [-0.1, -0.05) is 61.9 Å². The molecule has 3 fully saturated rings. The summed E-state index contributed by atoms with van der Waals surface area (Å²) in [7, 11) is 0. The van der Waals surface area contributed by atoms with E-state index in [4.69, 9.17) is 5.73 Å². The predicted molar refractivity (Wildman–Crippen MR) is 369 cm³/mol. The van der Waals surface area contributed by atoms with E-state index >= 15 is 0 Å². The third-order valence-electron chi connectivity index (χ3n) is 17.3. The summed E-state index contributed by atoms with van der Waals surface area (Å²) >= 11 is 4.01. The van der Waals surface area contributed by atoms with Gasteiger partial charge in [0.15, 0.2) is 0 Å². The first-order valence-corrected chi connectivity index (χ1v) is 36.8. The van der Waals surface area contributed by atoms with Crippen LogP contribution in [-0.4, -0.2) is 277 Å². The highest BCUT2D eigenvalue weighted by Crippen LogP contribution is 2.28. The standard InChI is InChI=1S/C65H95N13O18S3/c1-3-4-18-68-65(96)72-47-38-98-36-43-29-42(35-97-28-19-67-53(81)17-15-51(64(94)95)76-26-24-74(33-54(82)83)22-23-75(25-27-76)34-55(84)85)30-44(31-43)37-99-39-48(63(92)93)71-58(87)46(32-41-10-6-5-7-11-41)70-57(86)45(14-16-52(66)80)69-60(89)56(40(2)79)73-59(88)49-12-8-20-77(49)62(91)50-13-9-21-78(50)61(47)90/h5-7,10-11,29-31,40,45-51,56,79H,3-4,8-9,12-28,32-39H2,1-2H3,(H2,66,80)(H,67,81)(H,69,89)(H,70,86)(H,71,87)(H,73,88)(H,82,83)(H,84,85)(H,92,93)(H,94,95)(H2,68,72,96)/t40-,45+,46+,47+,48?,49+,50+,51?,56+/m1/s1. The number of carboxylic acids is 4. The van der Waals surface area contributed by atoms with Gasteiger partial charge in [0, 0.05) is 119 Å². The van der Waals surface area contributed by atoms with Crippen LogP contribution >= 0.6 is 35.3 Å². The molecular formula is C65H95N13O18S3. The lowest BCUT2D eigenvalue weighted by Crippen LogP contribution is -2.61. The van der Waals surface area contributed by atoms with E-state index in [9.17, 15) is 87.9 Å². The second-order valence-corrected chi connectivity index (χ2v) is 28.2. The number of carbonyl (C=O) groups excluding carboxylic acids is 9. The van der Waals surface area contributed by atoms with Gasteiger partial charge in [0.2, 0.25) is 47.3 Å². The van der Waals surface area contributed by atoms with Crippen LogP contribution in [0, 0.1) is 0 Å². The Bertz CT molecular complexity index is 3110. The number of benzene rings is 2. The fourth-order valence-corrected chi connectivity index (χ4v) is 14.9. The Labute approximate surface area is 587 Å². The van der Waals surface area contributed by atoms with Crippen LogP contribution in [0.4, 0.5) is 4.79 Å². The van der Waals surface area contributed by atoms with E-state index in [1.54, 1.807) is 45.0 Å². The first kappa shape index (κ1) is 80.2. The molecule has 34 heteroatoms. The average Bonchev–Trinajstić information content (AvgIpc) is 1.68. The van der Waals surface area contributed by atoms with Crippen molar-refractivity contribution in [2.75, 3.05) is 95.8 Å². The fraction of sp³-hybridized carbons (Fsp3) is 0.615. The zero-order chi connectivity index (χ0) is 72.1. The number of thioether (sulfide) groups is 3. The van der Waals surface area contributed by atoms with Crippen LogP contribution in [0.15, 0.2) is 48.5 Å². The number of nitrogens with two attached hydrogens (primary N) is 1. The van der Waals surface area contributed by atoms with E-state index in [0.29, 0.717) is 48.6 Å². The Morgan fingerprint density at radius 2 is 1.26 bits per heavy atom. The number of fused-ring (bicyclic) bond motifs is 4. The molecule has 0 aliphatic carbocycles. The van der Waals surface area contributed by atoms with E-state index in [-0.39, 0.29) is 121 Å². The normalized spacial score (nSPS) is 23.3. The van der Waals surface area contributed by atoms with Gasteiger partial charge < -0.3 is 78.3 Å². The third kappa shape index (κ3) is 26.7. The summed E-state index contributed by atoms with van der Waals surface area (Å²) in [5.74, 6) is -9.56. The largest absolute Gasteiger partial charge is 0.480 e. The minimum absolute atomic E-state index is 0.0505. The smallest absolute Gasteiger partial charge is 0.327 e. The minimum Gasteiger partial charge on any atom is -0.480 e. The number of hydrogen-bond acceptors (Lipinski definition) is 20. The van der Waals surface area contributed by atoms with Gasteiger partial charge in [-0.2, -0.15) is 35.3 Å². The lowest BCUT2D eigenvalue weighted by molar-refractivity contribution is -0.147. The van der Waals surface area contributed by atoms with Gasteiger partial charge >= 0.3 is 29.9 Å². The first-order valence-electron chi connectivity index (χ1n) is 33.4. The van der Waals surface area contributed by atoms with Crippen molar-refractivity contribution in [1.29, 1.82) is 0 Å². The van der Waals surface area contributed by atoms with Crippen molar-refractivity contribution in [3.05, 3.63) is 70.8 Å². The molecule has 9 atom stereocenters. The molecule has 2 bridgehead atoms. The van der Waals surface area contributed by atoms with Crippen LogP contribution < -0.4 is 43.0 Å². The molecule has 2 aromatic rings. The van der Waals surface area contributed by atoms with Crippen LogP contribution in [-0.2, 0) is 81.2 Å². The molecular weight excluding hydrogens is 1350 g/mol. The monoisotopic (exact) mass is 1440 g/mol. The molecule has 0 saturated carbocycles. The van der Waals surface area contributed by atoms with Gasteiger partial charge in [0.05, 0.1) is 19.2 Å². The van der Waals surface area contributed by atoms with Crippen molar-refractivity contribution < 1.29 is 87.9 Å². The second-order valence-electron chi connectivity index (χ2n) is 25.0. The molecule has 31 nitrogen and oxygen atoms in total. The van der Waals surface area contributed by atoms with Crippen LogP contribution in [0.2, 0.25) is 0 Å². The second kappa shape index (κ2) is 41.1. The van der Waals surface area contributed by atoms with Crippen LogP contribution in [0.25, 0.3) is 0 Å². The maximum Gasteiger partial charge on any atom is 0.327 e. The van der Waals surface area contributed by atoms with E-state index in [2.05, 4.69) is 37.2 Å². The number of rotatable bonds is 25. The molecule has 0 spiro atoms. The number of hydrogen-bond donors (Lipinski definition) is 13. The summed E-state index contributed by atoms with van der Waals surface area (Å²) in [6.07, 6.45) is -0.151. The maximum atomic E-state index is 14.8. The molecule has 0 radical (unpaired) electrons. The van der Waals surface area contributed by atoms with Crippen molar-refractivity contribution in [2.24, 2.45) is 5.73 Å². The molecule has 4 aliphatic heterocycles. The van der Waals surface area contributed by atoms with Gasteiger partial charge in [-0.25, -0.2) is 9.59 Å². The number of carbonyl (C=O) groups is 13. The molecule has 14 N–H and O–H groups in total. The molecule has 6 rings (SSSR count). The van der Waals surface area contributed by atoms with Crippen LogP contribution in [0.1, 0.15) is 100 Å². The topological polar surface area (TPSA) is 449 Å². The van der Waals surface area contributed by atoms with E-state index in [1.165, 1.54) is 52.0 Å². The number of urea groups is 1. The van der Waals surface area contributed by atoms with E-state index in [0.717, 1.165) is 23.1 Å². The number of aliphatic carboxylic acids is 4.